The molecule has 5 atom stereocenters. The van der Waals surface area contributed by atoms with Crippen molar-refractivity contribution in [1.29, 1.82) is 5.26 Å². The number of benzene rings is 3. The van der Waals surface area contributed by atoms with Gasteiger partial charge in [0.05, 0.1) is 28.6 Å². The smallest absolute Gasteiger partial charge is 0.223 e. The third-order valence-electron chi connectivity index (χ3n) is 10.5. The van der Waals surface area contributed by atoms with Crippen molar-refractivity contribution in [2.24, 2.45) is 5.92 Å². The zero-order chi connectivity index (χ0) is 29.6. The highest BCUT2D eigenvalue weighted by molar-refractivity contribution is 6.10. The number of ether oxygens (including phenoxy) is 1. The van der Waals surface area contributed by atoms with E-state index in [0.29, 0.717) is 52.1 Å². The molecule has 9 rings (SSSR count). The highest BCUT2D eigenvalue weighted by Gasteiger charge is 2.48. The van der Waals surface area contributed by atoms with Crippen molar-refractivity contribution >= 4 is 32.6 Å². The Morgan fingerprint density at radius 1 is 1.14 bits per heavy atom. The van der Waals surface area contributed by atoms with E-state index in [1.54, 1.807) is 6.07 Å². The van der Waals surface area contributed by atoms with Gasteiger partial charge in [0.1, 0.15) is 11.6 Å². The summed E-state index contributed by atoms with van der Waals surface area (Å²) in [5, 5.41) is 17.0. The predicted molar refractivity (Wildman–Crippen MR) is 169 cm³/mol. The number of likely N-dealkylation sites (tertiary alicyclic amines) is 1. The summed E-state index contributed by atoms with van der Waals surface area (Å²) in [5.74, 6) is 0.706. The van der Waals surface area contributed by atoms with Gasteiger partial charge in [0.15, 0.2) is 5.82 Å². The highest BCUT2D eigenvalue weighted by Crippen LogP contribution is 2.49. The molecule has 3 aliphatic heterocycles. The molecule has 3 saturated heterocycles. The zero-order valence-corrected chi connectivity index (χ0v) is 25.1. The number of nitrogens with one attached hydrogen (secondary N) is 1. The Morgan fingerprint density at radius 3 is 2.65 bits per heavy atom. The van der Waals surface area contributed by atoms with Crippen molar-refractivity contribution in [3.8, 4) is 23.1 Å². The van der Waals surface area contributed by atoms with Gasteiger partial charge in [-0.15, -0.1) is 0 Å². The molecule has 1 N–H and O–H groups in total. The average Bonchev–Trinajstić information content (AvgIpc) is 3.79. The fourth-order valence-electron chi connectivity index (χ4n) is 8.38. The van der Waals surface area contributed by atoms with E-state index in [1.165, 1.54) is 6.42 Å². The van der Waals surface area contributed by atoms with Crippen molar-refractivity contribution < 1.29 is 9.13 Å². The number of fused-ring (bicyclic) bond motifs is 5. The van der Waals surface area contributed by atoms with Crippen molar-refractivity contribution in [1.82, 2.24) is 19.8 Å². The Hall–Kier alpha value is -3.99. The summed E-state index contributed by atoms with van der Waals surface area (Å²) in [5.41, 5.74) is 5.04. The Bertz CT molecular complexity index is 1970. The first-order valence-corrected chi connectivity index (χ1v) is 15.5. The van der Waals surface area contributed by atoms with Gasteiger partial charge in [0, 0.05) is 40.7 Å². The van der Waals surface area contributed by atoms with E-state index in [1.807, 2.05) is 37.3 Å². The fraction of sp³-hybridized carbons (Fsp3) is 0.389. The van der Waals surface area contributed by atoms with Gasteiger partial charge in [-0.1, -0.05) is 30.3 Å². The Balaban J connectivity index is 1.40. The number of aromatic nitrogens is 2. The van der Waals surface area contributed by atoms with Crippen molar-refractivity contribution in [3.63, 3.8) is 0 Å². The Morgan fingerprint density at radius 2 is 1.95 bits per heavy atom. The van der Waals surface area contributed by atoms with Gasteiger partial charge in [0.2, 0.25) is 5.88 Å². The lowest BCUT2D eigenvalue weighted by Gasteiger charge is -2.37. The normalized spacial score (nSPS) is 24.1. The minimum absolute atomic E-state index is 0.0879. The second-order valence-corrected chi connectivity index (χ2v) is 12.9. The Kier molecular flexibility index (Phi) is 6.05. The van der Waals surface area contributed by atoms with Gasteiger partial charge >= 0.3 is 0 Å². The second-order valence-electron chi connectivity index (χ2n) is 12.9. The van der Waals surface area contributed by atoms with E-state index in [4.69, 9.17) is 9.72 Å². The van der Waals surface area contributed by atoms with Crippen LogP contribution in [0.3, 0.4) is 0 Å². The van der Waals surface area contributed by atoms with Crippen LogP contribution >= 0.6 is 0 Å². The third-order valence-corrected chi connectivity index (χ3v) is 10.5. The van der Waals surface area contributed by atoms with E-state index in [-0.39, 0.29) is 11.9 Å². The molecule has 1 aliphatic carbocycles. The first-order chi connectivity index (χ1) is 20.9. The molecular weight excluding hydrogens is 537 g/mol. The van der Waals surface area contributed by atoms with Crippen LogP contribution in [0.1, 0.15) is 49.0 Å². The topological polar surface area (TPSA) is 66.1 Å². The maximum absolute atomic E-state index is 17.2. The quantitative estimate of drug-likeness (QED) is 0.245. The second kappa shape index (κ2) is 9.77. The molecule has 5 aromatic rings. The molecule has 0 amide bonds. The number of halogens is 1. The van der Waals surface area contributed by atoms with Gasteiger partial charge in [-0.25, -0.2) is 9.37 Å². The van der Waals surface area contributed by atoms with Crippen LogP contribution in [-0.2, 0) is 0 Å². The van der Waals surface area contributed by atoms with E-state index in [2.05, 4.69) is 53.9 Å². The van der Waals surface area contributed by atoms with E-state index >= 15 is 4.39 Å². The lowest BCUT2D eigenvalue weighted by molar-refractivity contribution is 0.119. The molecular formula is C36H36FN5O. The molecule has 0 unspecified atom stereocenters. The SMILES string of the molecule is Cc1cc2c(nc(O[C@@H](C)[C@@H]3CCCN3C)c3cc(C)n([C@H]4[C@H]5CN[C@@H]4C5)c32)c(F)c1-c1cccc2cccc(C#N)c12. The number of hydrogen-bond acceptors (Lipinski definition) is 5. The molecule has 1 saturated carbocycles. The largest absolute Gasteiger partial charge is 0.472 e. The number of rotatable bonds is 5. The van der Waals surface area contributed by atoms with Crippen molar-refractivity contribution in [2.75, 3.05) is 20.1 Å². The number of pyridine rings is 1. The molecule has 2 aromatic heterocycles. The van der Waals surface area contributed by atoms with Crippen LogP contribution in [0, 0.1) is 36.9 Å². The third kappa shape index (κ3) is 3.86. The molecule has 5 heterocycles. The lowest BCUT2D eigenvalue weighted by atomic mass is 9.79. The molecule has 4 aliphatic rings. The van der Waals surface area contributed by atoms with E-state index < -0.39 is 0 Å². The van der Waals surface area contributed by atoms with Gasteiger partial charge in [-0.3, -0.25) is 4.90 Å². The lowest BCUT2D eigenvalue weighted by Crippen LogP contribution is -2.39. The predicted octanol–water partition coefficient (Wildman–Crippen LogP) is 7.03. The molecule has 43 heavy (non-hydrogen) atoms. The Labute approximate surface area is 251 Å². The maximum Gasteiger partial charge on any atom is 0.223 e. The first-order valence-electron chi connectivity index (χ1n) is 15.5. The van der Waals surface area contributed by atoms with Crippen LogP contribution in [0.15, 0.2) is 48.5 Å². The van der Waals surface area contributed by atoms with Gasteiger partial charge in [0.25, 0.3) is 0 Å². The highest BCUT2D eigenvalue weighted by atomic mass is 19.1. The summed E-state index contributed by atoms with van der Waals surface area (Å²) in [6.07, 6.45) is 3.32. The summed E-state index contributed by atoms with van der Waals surface area (Å²) in [6.45, 7) is 8.30. The average molecular weight is 574 g/mol. The maximum atomic E-state index is 17.2. The van der Waals surface area contributed by atoms with Crippen LogP contribution in [0.2, 0.25) is 0 Å². The summed E-state index contributed by atoms with van der Waals surface area (Å²) in [6, 6.07) is 19.1. The molecule has 7 heteroatoms. The molecule has 3 aromatic carbocycles. The van der Waals surface area contributed by atoms with E-state index in [9.17, 15) is 5.26 Å². The van der Waals surface area contributed by atoms with Gasteiger partial charge in [-0.2, -0.15) is 5.26 Å². The minimum Gasteiger partial charge on any atom is -0.472 e. The molecule has 6 nitrogen and oxygen atoms in total. The van der Waals surface area contributed by atoms with Crippen molar-refractivity contribution in [3.05, 3.63) is 71.2 Å². The molecule has 0 spiro atoms. The molecule has 0 radical (unpaired) electrons. The molecule has 4 fully saturated rings. The summed E-state index contributed by atoms with van der Waals surface area (Å²) < 4.78 is 26.3. The minimum atomic E-state index is -0.368. The van der Waals surface area contributed by atoms with Crippen LogP contribution in [0.25, 0.3) is 43.7 Å². The number of aryl methyl sites for hydroxylation is 2. The number of nitriles is 1. The first kappa shape index (κ1) is 26.6. The van der Waals surface area contributed by atoms with Gasteiger partial charge < -0.3 is 14.6 Å². The van der Waals surface area contributed by atoms with Crippen LogP contribution < -0.4 is 10.1 Å². The van der Waals surface area contributed by atoms with Crippen LogP contribution in [-0.4, -0.2) is 52.8 Å². The van der Waals surface area contributed by atoms with Crippen LogP contribution in [0.5, 0.6) is 5.88 Å². The summed E-state index contributed by atoms with van der Waals surface area (Å²) in [4.78, 5) is 7.34. The standard InChI is InChI=1S/C36H36FN5O/c1-19-14-26-33(32(37)30(19)25-11-6-9-22-8-5-10-23(17-38)31(22)25)40-36(43-21(3)29-12-7-13-41(29)4)27-15-20(2)42(35(26)27)34-24-16-28(34)39-18-24/h5-6,8-11,14-15,21,24,28-29,34,39H,7,12-13,16,18H2,1-4H3/t21-,24+,28+,29-,34-/m0/s1. The van der Waals surface area contributed by atoms with Gasteiger partial charge in [-0.05, 0) is 94.3 Å². The molecule has 218 valence electrons. The molecule has 2 bridgehead atoms. The zero-order valence-electron chi connectivity index (χ0n) is 25.1. The number of likely N-dealkylation sites (N-methyl/N-ethyl adjacent to an activating group) is 1. The summed E-state index contributed by atoms with van der Waals surface area (Å²) in [7, 11) is 2.15. The fourth-order valence-corrected chi connectivity index (χ4v) is 8.38. The number of hydrogen-bond donors (Lipinski definition) is 1. The number of nitrogens with zero attached hydrogens (tertiary/aromatic N) is 4. The van der Waals surface area contributed by atoms with E-state index in [0.717, 1.165) is 64.3 Å². The monoisotopic (exact) mass is 573 g/mol. The van der Waals surface area contributed by atoms with Crippen molar-refractivity contribution in [2.45, 2.75) is 64.3 Å². The van der Waals surface area contributed by atoms with Crippen LogP contribution in [0.4, 0.5) is 4.39 Å². The summed E-state index contributed by atoms with van der Waals surface area (Å²) >= 11 is 0.